The molecule has 0 atom stereocenters. The monoisotopic (exact) mass is 241 g/mol. The fraction of sp³-hybridized carbons (Fsp3) is 0.400. The second kappa shape index (κ2) is 6.12. The molecule has 4 N–H and O–H groups in total. The summed E-state index contributed by atoms with van der Waals surface area (Å²) in [6.07, 6.45) is 1.13. The van der Waals surface area contributed by atoms with Crippen LogP contribution in [0.4, 0.5) is 0 Å². The molecule has 1 heterocycles. The lowest BCUT2D eigenvalue weighted by Crippen LogP contribution is -2.25. The van der Waals surface area contributed by atoms with Crippen molar-refractivity contribution in [2.24, 2.45) is 10.9 Å². The third kappa shape index (κ3) is 3.54. The van der Waals surface area contributed by atoms with Gasteiger partial charge in [-0.3, -0.25) is 4.79 Å². The Morgan fingerprint density at radius 1 is 1.69 bits per heavy atom. The summed E-state index contributed by atoms with van der Waals surface area (Å²) in [7, 11) is 0. The van der Waals surface area contributed by atoms with Crippen LogP contribution in [0.1, 0.15) is 28.1 Å². The largest absolute Gasteiger partial charge is 0.409 e. The maximum atomic E-state index is 11.6. The van der Waals surface area contributed by atoms with Gasteiger partial charge in [-0.2, -0.15) is 0 Å². The van der Waals surface area contributed by atoms with Gasteiger partial charge in [0.15, 0.2) is 0 Å². The number of amidine groups is 1. The van der Waals surface area contributed by atoms with Crippen LogP contribution in [0, 0.1) is 6.92 Å². The maximum Gasteiger partial charge on any atom is 0.261 e. The molecule has 0 fully saturated rings. The van der Waals surface area contributed by atoms with E-state index in [4.69, 9.17) is 10.9 Å². The van der Waals surface area contributed by atoms with E-state index >= 15 is 0 Å². The van der Waals surface area contributed by atoms with Crippen molar-refractivity contribution in [3.05, 3.63) is 21.9 Å². The Morgan fingerprint density at radius 2 is 2.44 bits per heavy atom. The number of thiophene rings is 1. The lowest BCUT2D eigenvalue weighted by atomic mass is 10.2. The number of hydrogen-bond acceptors (Lipinski definition) is 4. The zero-order valence-electron chi connectivity index (χ0n) is 9.06. The highest BCUT2D eigenvalue weighted by Gasteiger charge is 2.09. The third-order valence-corrected chi connectivity index (χ3v) is 3.11. The van der Waals surface area contributed by atoms with Crippen molar-refractivity contribution in [3.8, 4) is 0 Å². The number of rotatable bonds is 5. The second-order valence-electron chi connectivity index (χ2n) is 3.38. The molecule has 1 rings (SSSR count). The first-order valence-electron chi connectivity index (χ1n) is 4.94. The minimum absolute atomic E-state index is 0.0630. The Kier molecular flexibility index (Phi) is 4.78. The highest BCUT2D eigenvalue weighted by molar-refractivity contribution is 7.12. The van der Waals surface area contributed by atoms with Crippen molar-refractivity contribution in [2.75, 3.05) is 6.54 Å². The number of nitrogens with zero attached hydrogens (tertiary/aromatic N) is 1. The molecule has 0 aliphatic rings. The average molecular weight is 241 g/mol. The van der Waals surface area contributed by atoms with E-state index in [2.05, 4.69) is 10.5 Å². The molecule has 5 nitrogen and oxygen atoms in total. The number of nitrogens with two attached hydrogens (primary N) is 1. The van der Waals surface area contributed by atoms with E-state index in [0.29, 0.717) is 19.4 Å². The molecule has 0 bridgehead atoms. The van der Waals surface area contributed by atoms with E-state index in [-0.39, 0.29) is 11.7 Å². The first-order valence-corrected chi connectivity index (χ1v) is 5.82. The number of aryl methyl sites for hydroxylation is 1. The molecule has 0 aliphatic heterocycles. The van der Waals surface area contributed by atoms with Gasteiger partial charge in [-0.05, 0) is 30.4 Å². The SMILES string of the molecule is Cc1ccsc1C(=O)NCCCC(N)=NO. The van der Waals surface area contributed by atoms with Crippen LogP contribution < -0.4 is 11.1 Å². The van der Waals surface area contributed by atoms with E-state index in [9.17, 15) is 4.79 Å². The average Bonchev–Trinajstić information content (AvgIpc) is 2.70. The van der Waals surface area contributed by atoms with Gasteiger partial charge in [0.1, 0.15) is 5.84 Å². The van der Waals surface area contributed by atoms with Gasteiger partial charge in [-0.25, -0.2) is 0 Å². The standard InChI is InChI=1S/C10H15N3O2S/c1-7-4-6-16-9(7)10(14)12-5-2-3-8(11)13-15/h4,6,15H,2-3,5H2,1H3,(H2,11,13)(H,12,14). The van der Waals surface area contributed by atoms with Crippen LogP contribution in [0.5, 0.6) is 0 Å². The number of hydrogen-bond donors (Lipinski definition) is 3. The van der Waals surface area contributed by atoms with Gasteiger partial charge in [-0.15, -0.1) is 11.3 Å². The molecule has 0 spiro atoms. The molecule has 0 saturated carbocycles. The Labute approximate surface area is 98.0 Å². The quantitative estimate of drug-likeness (QED) is 0.239. The van der Waals surface area contributed by atoms with Crippen LogP contribution in [-0.4, -0.2) is 23.5 Å². The summed E-state index contributed by atoms with van der Waals surface area (Å²) in [5.41, 5.74) is 6.28. The summed E-state index contributed by atoms with van der Waals surface area (Å²) >= 11 is 1.43. The molecule has 6 heteroatoms. The number of amides is 1. The van der Waals surface area contributed by atoms with Gasteiger partial charge in [0.25, 0.3) is 5.91 Å². The fourth-order valence-corrected chi connectivity index (χ4v) is 2.05. The van der Waals surface area contributed by atoms with Crippen LogP contribution in [0.25, 0.3) is 0 Å². The molecule has 0 aromatic carbocycles. The van der Waals surface area contributed by atoms with E-state index in [1.807, 2.05) is 18.4 Å². The van der Waals surface area contributed by atoms with E-state index in [1.54, 1.807) is 0 Å². The van der Waals surface area contributed by atoms with Gasteiger partial charge >= 0.3 is 0 Å². The smallest absolute Gasteiger partial charge is 0.261 e. The van der Waals surface area contributed by atoms with Gasteiger partial charge in [0.05, 0.1) is 4.88 Å². The topological polar surface area (TPSA) is 87.7 Å². The van der Waals surface area contributed by atoms with Crippen LogP contribution in [-0.2, 0) is 0 Å². The first kappa shape index (κ1) is 12.5. The first-order chi connectivity index (χ1) is 7.65. The number of carbonyl (C=O) groups excluding carboxylic acids is 1. The molecule has 16 heavy (non-hydrogen) atoms. The van der Waals surface area contributed by atoms with Crippen molar-refractivity contribution in [1.29, 1.82) is 0 Å². The van der Waals surface area contributed by atoms with Gasteiger partial charge in [0.2, 0.25) is 0 Å². The highest BCUT2D eigenvalue weighted by Crippen LogP contribution is 2.14. The molecule has 0 radical (unpaired) electrons. The normalized spacial score (nSPS) is 11.4. The van der Waals surface area contributed by atoms with E-state index < -0.39 is 0 Å². The van der Waals surface area contributed by atoms with Crippen molar-refractivity contribution < 1.29 is 10.0 Å². The molecule has 0 unspecified atom stereocenters. The lowest BCUT2D eigenvalue weighted by Gasteiger charge is -2.03. The van der Waals surface area contributed by atoms with E-state index in [0.717, 1.165) is 10.4 Å². The van der Waals surface area contributed by atoms with Gasteiger partial charge in [0, 0.05) is 13.0 Å². The van der Waals surface area contributed by atoms with Crippen molar-refractivity contribution in [2.45, 2.75) is 19.8 Å². The lowest BCUT2D eigenvalue weighted by molar-refractivity contribution is 0.0957. The molecular formula is C10H15N3O2S. The minimum atomic E-state index is -0.0630. The summed E-state index contributed by atoms with van der Waals surface area (Å²) in [5, 5.41) is 15.8. The summed E-state index contributed by atoms with van der Waals surface area (Å²) in [4.78, 5) is 12.4. The maximum absolute atomic E-state index is 11.6. The Bertz CT molecular complexity index is 387. The van der Waals surface area contributed by atoms with Crippen molar-refractivity contribution >= 4 is 23.1 Å². The van der Waals surface area contributed by atoms with Gasteiger partial charge in [-0.1, -0.05) is 5.16 Å². The van der Waals surface area contributed by atoms with Crippen molar-refractivity contribution in [3.63, 3.8) is 0 Å². The predicted octanol–water partition coefficient (Wildman–Crippen LogP) is 1.31. The number of oxime groups is 1. The Balaban J connectivity index is 2.29. The zero-order chi connectivity index (χ0) is 12.0. The molecule has 0 aliphatic carbocycles. The van der Waals surface area contributed by atoms with Crippen LogP contribution in [0.2, 0.25) is 0 Å². The fourth-order valence-electron chi connectivity index (χ4n) is 1.21. The Hall–Kier alpha value is -1.56. The van der Waals surface area contributed by atoms with Gasteiger partial charge < -0.3 is 16.3 Å². The molecule has 0 saturated heterocycles. The predicted molar refractivity (Wildman–Crippen MR) is 64.0 cm³/mol. The molecule has 1 aromatic rings. The number of nitrogens with one attached hydrogen (secondary N) is 1. The summed E-state index contributed by atoms with van der Waals surface area (Å²) in [6.45, 7) is 2.42. The summed E-state index contributed by atoms with van der Waals surface area (Å²) in [6, 6.07) is 1.91. The molecular weight excluding hydrogens is 226 g/mol. The highest BCUT2D eigenvalue weighted by atomic mass is 32.1. The molecule has 88 valence electrons. The van der Waals surface area contributed by atoms with E-state index in [1.165, 1.54) is 11.3 Å². The van der Waals surface area contributed by atoms with Crippen LogP contribution >= 0.6 is 11.3 Å². The third-order valence-electron chi connectivity index (χ3n) is 2.09. The van der Waals surface area contributed by atoms with Crippen LogP contribution in [0.3, 0.4) is 0 Å². The second-order valence-corrected chi connectivity index (χ2v) is 4.30. The summed E-state index contributed by atoms with van der Waals surface area (Å²) < 4.78 is 0. The minimum Gasteiger partial charge on any atom is -0.409 e. The molecule has 1 aromatic heterocycles. The van der Waals surface area contributed by atoms with Crippen molar-refractivity contribution in [1.82, 2.24) is 5.32 Å². The molecule has 1 amide bonds. The number of carbonyl (C=O) groups is 1. The summed E-state index contributed by atoms with van der Waals surface area (Å²) in [5.74, 6) is 0.119. The van der Waals surface area contributed by atoms with Crippen LogP contribution in [0.15, 0.2) is 16.6 Å². The zero-order valence-corrected chi connectivity index (χ0v) is 9.88. The Morgan fingerprint density at radius 3 is 3.00 bits per heavy atom.